The number of hydrogen-bond acceptors (Lipinski definition) is 3. The van der Waals surface area contributed by atoms with Crippen molar-refractivity contribution in [2.75, 3.05) is 5.32 Å². The van der Waals surface area contributed by atoms with Crippen LogP contribution in [0, 0.1) is 6.92 Å². The van der Waals surface area contributed by atoms with E-state index in [2.05, 4.69) is 0 Å². The molecule has 1 aromatic rings. The number of hydrogen-bond donors (Lipinski definition) is 3. The van der Waals surface area contributed by atoms with Gasteiger partial charge in [0, 0.05) is 0 Å². The van der Waals surface area contributed by atoms with Gasteiger partial charge < -0.3 is 15.5 Å². The zero-order valence-corrected chi connectivity index (χ0v) is 10.4. The predicted molar refractivity (Wildman–Crippen MR) is 65.8 cm³/mol. The lowest BCUT2D eigenvalue weighted by molar-refractivity contribution is -0.147. The average molecular weight is 253 g/mol. The molecular weight excluding hydrogens is 238 g/mol. The van der Waals surface area contributed by atoms with Gasteiger partial charge in [-0.3, -0.25) is 4.79 Å². The van der Waals surface area contributed by atoms with Gasteiger partial charge in [-0.05, 0) is 19.1 Å². The molecule has 0 aliphatic carbocycles. The van der Waals surface area contributed by atoms with Gasteiger partial charge in [0.2, 0.25) is 0 Å². The topological polar surface area (TPSA) is 104 Å². The fraction of sp³-hybridized carbons (Fsp3) is 0.250. The van der Waals surface area contributed by atoms with E-state index in [0.29, 0.717) is 5.56 Å². The number of carbonyl (C=O) groups is 3. The summed E-state index contributed by atoms with van der Waals surface area (Å²) in [6.07, 6.45) is 0. The van der Waals surface area contributed by atoms with E-state index < -0.39 is 17.8 Å². The van der Waals surface area contributed by atoms with Crippen LogP contribution in [0.2, 0.25) is 0 Å². The third-order valence-electron chi connectivity index (χ3n) is 1.85. The number of carbonyl (C=O) groups excluding carboxylic acids is 1. The number of carboxylic acid groups (broad SMARTS) is 2. The minimum Gasteiger partial charge on any atom is -0.478 e. The maximum atomic E-state index is 10.9. The van der Waals surface area contributed by atoms with Crippen molar-refractivity contribution >= 4 is 23.5 Å². The van der Waals surface area contributed by atoms with Crippen molar-refractivity contribution in [1.82, 2.24) is 0 Å². The Balaban J connectivity index is 0.00000137. The van der Waals surface area contributed by atoms with Crippen LogP contribution in [0.1, 0.15) is 29.8 Å². The zero-order valence-electron chi connectivity index (χ0n) is 10.4. The second kappa shape index (κ2) is 7.05. The van der Waals surface area contributed by atoms with Crippen LogP contribution in [0.3, 0.4) is 0 Å². The first-order valence-corrected chi connectivity index (χ1v) is 5.30. The minimum absolute atomic E-state index is 0.0366. The van der Waals surface area contributed by atoms with E-state index in [0.717, 1.165) is 0 Å². The van der Waals surface area contributed by atoms with Crippen molar-refractivity contribution < 1.29 is 24.6 Å². The van der Waals surface area contributed by atoms with Crippen LogP contribution in [0.15, 0.2) is 18.2 Å². The van der Waals surface area contributed by atoms with Gasteiger partial charge in [0.1, 0.15) is 0 Å². The van der Waals surface area contributed by atoms with Crippen molar-refractivity contribution in [3.8, 4) is 0 Å². The molecule has 1 rings (SSSR count). The van der Waals surface area contributed by atoms with Crippen LogP contribution < -0.4 is 5.32 Å². The Morgan fingerprint density at radius 1 is 1.11 bits per heavy atom. The van der Waals surface area contributed by atoms with Crippen LogP contribution in [0.25, 0.3) is 0 Å². The van der Waals surface area contributed by atoms with Crippen LogP contribution >= 0.6 is 0 Å². The first-order valence-electron chi connectivity index (χ1n) is 5.30. The largest absolute Gasteiger partial charge is 0.478 e. The quantitative estimate of drug-likeness (QED) is 0.696. The maximum Gasteiger partial charge on any atom is 0.394 e. The normalized spacial score (nSPS) is 8.83. The summed E-state index contributed by atoms with van der Waals surface area (Å²) >= 11 is 0. The molecule has 6 heteroatoms. The molecule has 0 radical (unpaired) electrons. The molecule has 1 aromatic carbocycles. The first-order chi connectivity index (χ1) is 8.41. The molecule has 18 heavy (non-hydrogen) atoms. The van der Waals surface area contributed by atoms with Gasteiger partial charge in [-0.2, -0.15) is 0 Å². The molecule has 1 amide bonds. The van der Waals surface area contributed by atoms with Gasteiger partial charge in [-0.1, -0.05) is 25.5 Å². The van der Waals surface area contributed by atoms with Gasteiger partial charge in [0.25, 0.3) is 0 Å². The van der Waals surface area contributed by atoms with E-state index in [1.165, 1.54) is 12.1 Å². The molecule has 0 saturated heterocycles. The fourth-order valence-electron chi connectivity index (χ4n) is 1.12. The summed E-state index contributed by atoms with van der Waals surface area (Å²) in [5, 5.41) is 19.2. The third kappa shape index (κ3) is 4.25. The lowest BCUT2D eigenvalue weighted by atomic mass is 10.1. The first kappa shape index (κ1) is 15.6. The molecule has 0 spiro atoms. The van der Waals surface area contributed by atoms with Gasteiger partial charge in [-0.15, -0.1) is 0 Å². The fourth-order valence-corrected chi connectivity index (χ4v) is 1.12. The summed E-state index contributed by atoms with van der Waals surface area (Å²) in [6.45, 7) is 5.69. The Kier molecular flexibility index (Phi) is 6.12. The maximum absolute atomic E-state index is 10.9. The van der Waals surface area contributed by atoms with Crippen LogP contribution in [0.4, 0.5) is 5.69 Å². The van der Waals surface area contributed by atoms with Gasteiger partial charge in [0.05, 0.1) is 11.3 Å². The lowest BCUT2D eigenvalue weighted by Gasteiger charge is -2.06. The Bertz CT molecular complexity index is 468. The van der Waals surface area contributed by atoms with Crippen molar-refractivity contribution in [2.45, 2.75) is 20.8 Å². The average Bonchev–Trinajstić information content (AvgIpc) is 2.33. The second-order valence-electron chi connectivity index (χ2n) is 3.11. The smallest absolute Gasteiger partial charge is 0.394 e. The summed E-state index contributed by atoms with van der Waals surface area (Å²) < 4.78 is 0. The molecule has 0 bridgehead atoms. The van der Waals surface area contributed by atoms with Crippen molar-refractivity contribution in [3.05, 3.63) is 29.3 Å². The molecule has 6 nitrogen and oxygen atoms in total. The summed E-state index contributed by atoms with van der Waals surface area (Å²) in [5.41, 5.74) is 0.519. The zero-order chi connectivity index (χ0) is 14.3. The number of benzene rings is 1. The Hall–Kier alpha value is -2.37. The number of aromatic carboxylic acids is 1. The van der Waals surface area contributed by atoms with E-state index in [9.17, 15) is 14.4 Å². The summed E-state index contributed by atoms with van der Waals surface area (Å²) in [4.78, 5) is 32.0. The molecule has 0 unspecified atom stereocenters. The molecule has 0 aliphatic rings. The van der Waals surface area contributed by atoms with E-state index >= 15 is 0 Å². The van der Waals surface area contributed by atoms with E-state index in [1.54, 1.807) is 13.0 Å². The van der Waals surface area contributed by atoms with Crippen LogP contribution in [-0.4, -0.2) is 28.1 Å². The number of amides is 1. The highest BCUT2D eigenvalue weighted by Gasteiger charge is 2.16. The summed E-state index contributed by atoms with van der Waals surface area (Å²) in [6, 6.07) is 4.27. The SMILES string of the molecule is CC.Cc1ccc(NC(=O)C(=O)O)c(C(=O)O)c1. The molecule has 0 atom stereocenters. The molecule has 98 valence electrons. The van der Waals surface area contributed by atoms with Gasteiger partial charge in [0.15, 0.2) is 0 Å². The number of anilines is 1. The molecule has 0 aromatic heterocycles. The number of carboxylic acids is 2. The van der Waals surface area contributed by atoms with Crippen molar-refractivity contribution in [2.24, 2.45) is 0 Å². The highest BCUT2D eigenvalue weighted by molar-refractivity contribution is 6.36. The second-order valence-corrected chi connectivity index (χ2v) is 3.11. The number of aliphatic carboxylic acids is 1. The lowest BCUT2D eigenvalue weighted by Crippen LogP contribution is -2.23. The molecule has 0 heterocycles. The Labute approximate surface area is 104 Å². The Morgan fingerprint density at radius 3 is 2.11 bits per heavy atom. The monoisotopic (exact) mass is 253 g/mol. The van der Waals surface area contributed by atoms with Crippen molar-refractivity contribution in [1.29, 1.82) is 0 Å². The highest BCUT2D eigenvalue weighted by Crippen LogP contribution is 2.17. The van der Waals surface area contributed by atoms with Crippen LogP contribution in [0.5, 0.6) is 0 Å². The number of aryl methyl sites for hydroxylation is 1. The van der Waals surface area contributed by atoms with E-state index in [1.807, 2.05) is 19.2 Å². The Morgan fingerprint density at radius 2 is 1.67 bits per heavy atom. The highest BCUT2D eigenvalue weighted by atomic mass is 16.4. The molecular formula is C12H15NO5. The van der Waals surface area contributed by atoms with E-state index in [-0.39, 0.29) is 11.3 Å². The summed E-state index contributed by atoms with van der Waals surface area (Å²) in [7, 11) is 0. The molecule has 3 N–H and O–H groups in total. The molecule has 0 saturated carbocycles. The third-order valence-corrected chi connectivity index (χ3v) is 1.85. The predicted octanol–water partition coefficient (Wildman–Crippen LogP) is 1.74. The molecule has 0 fully saturated rings. The number of nitrogens with one attached hydrogen (secondary N) is 1. The van der Waals surface area contributed by atoms with Crippen LogP contribution in [-0.2, 0) is 9.59 Å². The standard InChI is InChI=1S/C10H9NO5.C2H6/c1-5-2-3-7(6(4-5)9(13)14)11-8(12)10(15)16;1-2/h2-4H,1H3,(H,11,12)(H,13,14)(H,15,16);1-2H3. The molecule has 0 aliphatic heterocycles. The number of rotatable bonds is 2. The van der Waals surface area contributed by atoms with E-state index in [4.69, 9.17) is 10.2 Å². The minimum atomic E-state index is -1.67. The summed E-state index contributed by atoms with van der Waals surface area (Å²) in [5.74, 6) is -4.17. The van der Waals surface area contributed by atoms with Gasteiger partial charge in [-0.25, -0.2) is 9.59 Å². The van der Waals surface area contributed by atoms with Crippen molar-refractivity contribution in [3.63, 3.8) is 0 Å². The van der Waals surface area contributed by atoms with Gasteiger partial charge >= 0.3 is 17.8 Å².